The quantitative estimate of drug-likeness (QED) is 0.527. The zero-order valence-corrected chi connectivity index (χ0v) is 14.7. The van der Waals surface area contributed by atoms with Crippen LogP contribution in [0.15, 0.2) is 65.0 Å². The van der Waals surface area contributed by atoms with E-state index in [0.717, 1.165) is 32.5 Å². The summed E-state index contributed by atoms with van der Waals surface area (Å²) in [6, 6.07) is 11.4. The lowest BCUT2D eigenvalue weighted by Crippen LogP contribution is -2.29. The van der Waals surface area contributed by atoms with Gasteiger partial charge in [-0.25, -0.2) is 9.98 Å². The van der Waals surface area contributed by atoms with E-state index in [1.807, 2.05) is 36.4 Å². The molecule has 27 heavy (non-hydrogen) atoms. The molecule has 0 atom stereocenters. The first-order valence-electron chi connectivity index (χ1n) is 8.17. The van der Waals surface area contributed by atoms with Gasteiger partial charge in [0.05, 0.1) is 26.8 Å². The fourth-order valence-corrected chi connectivity index (χ4v) is 3.54. The molecule has 0 bridgehead atoms. The summed E-state index contributed by atoms with van der Waals surface area (Å²) in [6.07, 6.45) is 5.02. The number of nitrogens with one attached hydrogen (secondary N) is 2. The van der Waals surface area contributed by atoms with Crippen LogP contribution in [0.3, 0.4) is 0 Å². The van der Waals surface area contributed by atoms with Gasteiger partial charge in [0.15, 0.2) is 0 Å². The number of fused-ring (bicyclic) bond motifs is 2. The van der Waals surface area contributed by atoms with Gasteiger partial charge in [0.25, 0.3) is 5.91 Å². The van der Waals surface area contributed by atoms with E-state index in [9.17, 15) is 4.79 Å². The number of aromatic nitrogens is 3. The predicted octanol–water partition coefficient (Wildman–Crippen LogP) is 3.18. The number of amides is 1. The molecular formula is C19H12N6OS. The van der Waals surface area contributed by atoms with Crippen LogP contribution in [-0.2, 0) is 4.79 Å². The van der Waals surface area contributed by atoms with Crippen molar-refractivity contribution in [2.45, 2.75) is 0 Å². The molecule has 8 heteroatoms. The fourth-order valence-electron chi connectivity index (χ4n) is 2.83. The Labute approximate surface area is 157 Å². The Kier molecular flexibility index (Phi) is 3.61. The molecule has 4 aromatic rings. The molecule has 0 radical (unpaired) electrons. The van der Waals surface area contributed by atoms with Crippen LogP contribution in [0.1, 0.15) is 5.56 Å². The molecule has 1 amide bonds. The van der Waals surface area contributed by atoms with E-state index in [4.69, 9.17) is 0 Å². The first kappa shape index (κ1) is 15.6. The van der Waals surface area contributed by atoms with Crippen molar-refractivity contribution in [3.63, 3.8) is 0 Å². The van der Waals surface area contributed by atoms with Gasteiger partial charge in [0, 0.05) is 18.1 Å². The Balaban J connectivity index is 1.43. The third-order valence-electron chi connectivity index (χ3n) is 4.09. The molecule has 0 unspecified atom stereocenters. The number of guanidine groups is 1. The Bertz CT molecular complexity index is 1260. The van der Waals surface area contributed by atoms with Crippen molar-refractivity contribution >= 4 is 56.2 Å². The molecule has 0 fully saturated rings. The van der Waals surface area contributed by atoms with Crippen LogP contribution in [0.2, 0.25) is 0 Å². The molecular weight excluding hydrogens is 360 g/mol. The van der Waals surface area contributed by atoms with Crippen molar-refractivity contribution in [2.24, 2.45) is 4.99 Å². The van der Waals surface area contributed by atoms with Crippen LogP contribution in [-0.4, -0.2) is 26.8 Å². The molecule has 130 valence electrons. The van der Waals surface area contributed by atoms with Crippen LogP contribution in [0.25, 0.3) is 27.3 Å². The monoisotopic (exact) mass is 372 g/mol. The summed E-state index contributed by atoms with van der Waals surface area (Å²) in [5.41, 5.74) is 6.34. The first-order valence-corrected chi connectivity index (χ1v) is 9.05. The maximum Gasteiger partial charge on any atom is 0.276 e. The Morgan fingerprint density at radius 1 is 0.963 bits per heavy atom. The standard InChI is InChI=1S/C19H12N6OS/c26-18-16(8-11-1-3-13-15(7-11)21-6-5-20-13)24-19(25-18)23-12-2-4-14-17(9-12)27-10-22-14/h1-10H,(H2,23,24,25,26)/b16-8-. The molecule has 2 aromatic heterocycles. The molecule has 1 aliphatic rings. The van der Waals surface area contributed by atoms with E-state index < -0.39 is 0 Å². The summed E-state index contributed by atoms with van der Waals surface area (Å²) < 4.78 is 1.07. The summed E-state index contributed by atoms with van der Waals surface area (Å²) in [5, 5.41) is 5.88. The van der Waals surface area contributed by atoms with Crippen molar-refractivity contribution in [3.8, 4) is 0 Å². The molecule has 0 aliphatic carbocycles. The lowest BCUT2D eigenvalue weighted by atomic mass is 10.1. The molecule has 0 saturated heterocycles. The van der Waals surface area contributed by atoms with E-state index >= 15 is 0 Å². The number of nitrogens with zero attached hydrogens (tertiary/aromatic N) is 4. The van der Waals surface area contributed by atoms with E-state index in [-0.39, 0.29) is 5.91 Å². The van der Waals surface area contributed by atoms with Crippen LogP contribution >= 0.6 is 11.3 Å². The van der Waals surface area contributed by atoms with E-state index in [0.29, 0.717) is 11.7 Å². The van der Waals surface area contributed by atoms with Crippen molar-refractivity contribution < 1.29 is 4.79 Å². The molecule has 7 nitrogen and oxygen atoms in total. The Morgan fingerprint density at radius 2 is 1.81 bits per heavy atom. The SMILES string of the molecule is O=C1NC(Nc2ccc3ncsc3c2)=N/C1=C\c1ccc2nccnc2c1. The van der Waals surface area contributed by atoms with Crippen molar-refractivity contribution in [2.75, 3.05) is 5.32 Å². The summed E-state index contributed by atoms with van der Waals surface area (Å²) in [4.78, 5) is 29.4. The minimum absolute atomic E-state index is 0.254. The third-order valence-corrected chi connectivity index (χ3v) is 4.88. The number of benzene rings is 2. The minimum Gasteiger partial charge on any atom is -0.326 e. The van der Waals surface area contributed by atoms with Gasteiger partial charge in [-0.15, -0.1) is 11.3 Å². The number of rotatable bonds is 2. The smallest absolute Gasteiger partial charge is 0.276 e. The van der Waals surface area contributed by atoms with Gasteiger partial charge in [0.2, 0.25) is 5.96 Å². The number of hydrogen-bond donors (Lipinski definition) is 2. The van der Waals surface area contributed by atoms with E-state index in [2.05, 4.69) is 30.6 Å². The maximum absolute atomic E-state index is 12.2. The molecule has 2 aromatic carbocycles. The number of carbonyl (C=O) groups excluding carboxylic acids is 1. The second-order valence-corrected chi connectivity index (χ2v) is 6.79. The highest BCUT2D eigenvalue weighted by Gasteiger charge is 2.20. The summed E-state index contributed by atoms with van der Waals surface area (Å²) in [7, 11) is 0. The fraction of sp³-hybridized carbons (Fsp3) is 0. The van der Waals surface area contributed by atoms with Crippen molar-refractivity contribution in [1.82, 2.24) is 20.3 Å². The summed E-state index contributed by atoms with van der Waals surface area (Å²) in [6.45, 7) is 0. The molecule has 1 aliphatic heterocycles. The highest BCUT2D eigenvalue weighted by molar-refractivity contribution is 7.16. The molecule has 0 spiro atoms. The van der Waals surface area contributed by atoms with Crippen molar-refractivity contribution in [1.29, 1.82) is 0 Å². The number of carbonyl (C=O) groups is 1. The van der Waals surface area contributed by atoms with Crippen LogP contribution in [0.4, 0.5) is 5.69 Å². The lowest BCUT2D eigenvalue weighted by molar-refractivity contribution is -0.115. The average molecular weight is 372 g/mol. The zero-order valence-electron chi connectivity index (χ0n) is 13.9. The number of anilines is 1. The first-order chi connectivity index (χ1) is 13.2. The zero-order chi connectivity index (χ0) is 18.2. The normalized spacial score (nSPS) is 15.3. The predicted molar refractivity (Wildman–Crippen MR) is 106 cm³/mol. The van der Waals surface area contributed by atoms with Gasteiger partial charge >= 0.3 is 0 Å². The second-order valence-electron chi connectivity index (χ2n) is 5.91. The summed E-state index contributed by atoms with van der Waals surface area (Å²) in [5.74, 6) is 0.145. The van der Waals surface area contributed by atoms with E-state index in [1.54, 1.807) is 35.3 Å². The van der Waals surface area contributed by atoms with Crippen LogP contribution in [0.5, 0.6) is 0 Å². The lowest BCUT2D eigenvalue weighted by Gasteiger charge is -2.04. The van der Waals surface area contributed by atoms with Gasteiger partial charge in [-0.3, -0.25) is 20.1 Å². The molecule has 0 saturated carbocycles. The van der Waals surface area contributed by atoms with Crippen LogP contribution in [0, 0.1) is 0 Å². The van der Waals surface area contributed by atoms with Gasteiger partial charge in [-0.1, -0.05) is 6.07 Å². The molecule has 5 rings (SSSR count). The highest BCUT2D eigenvalue weighted by atomic mass is 32.1. The van der Waals surface area contributed by atoms with E-state index in [1.165, 1.54) is 0 Å². The number of aliphatic imine (C=N–C) groups is 1. The van der Waals surface area contributed by atoms with Gasteiger partial charge in [-0.2, -0.15) is 0 Å². The minimum atomic E-state index is -0.254. The van der Waals surface area contributed by atoms with Gasteiger partial charge in [-0.05, 0) is 42.0 Å². The maximum atomic E-state index is 12.2. The Hall–Kier alpha value is -3.65. The van der Waals surface area contributed by atoms with Gasteiger partial charge in [0.1, 0.15) is 5.70 Å². The van der Waals surface area contributed by atoms with Crippen LogP contribution < -0.4 is 10.6 Å². The number of hydrogen-bond acceptors (Lipinski definition) is 7. The molecule has 3 heterocycles. The van der Waals surface area contributed by atoms with Crippen molar-refractivity contribution in [3.05, 3.63) is 65.6 Å². The highest BCUT2D eigenvalue weighted by Crippen LogP contribution is 2.22. The topological polar surface area (TPSA) is 92.2 Å². The summed E-state index contributed by atoms with van der Waals surface area (Å²) >= 11 is 1.56. The van der Waals surface area contributed by atoms with Gasteiger partial charge < -0.3 is 5.32 Å². The average Bonchev–Trinajstić information content (AvgIpc) is 3.28. The molecule has 2 N–H and O–H groups in total. The number of thiazole rings is 1. The second kappa shape index (κ2) is 6.26. The largest absolute Gasteiger partial charge is 0.326 e. The third kappa shape index (κ3) is 3.02. The Morgan fingerprint density at radius 3 is 2.74 bits per heavy atom.